The minimum Gasteiger partial charge on any atom is -0.467 e. The Labute approximate surface area is 85.3 Å². The number of thioether (sulfide) groups is 1. The van der Waals surface area contributed by atoms with Gasteiger partial charge in [-0.3, -0.25) is 4.79 Å². The molecule has 1 aliphatic rings. The number of methoxy groups -OCH3 is 1. The average Bonchev–Trinajstić information content (AvgIpc) is 2.40. The first-order chi connectivity index (χ1) is 6.81. The van der Waals surface area contributed by atoms with Gasteiger partial charge < -0.3 is 10.1 Å². The summed E-state index contributed by atoms with van der Waals surface area (Å²) in [6, 6.07) is 0.224. The van der Waals surface area contributed by atoms with Crippen LogP contribution < -0.4 is 10.1 Å². The van der Waals surface area contributed by atoms with Crippen molar-refractivity contribution in [2.75, 3.05) is 19.4 Å². The van der Waals surface area contributed by atoms with Crippen LogP contribution in [0.15, 0.2) is 11.1 Å². The largest absolute Gasteiger partial charge is 0.467 e. The summed E-state index contributed by atoms with van der Waals surface area (Å²) < 4.78 is 4.86. The monoisotopic (exact) mass is 211 g/mol. The third kappa shape index (κ3) is 1.65. The van der Waals surface area contributed by atoms with Gasteiger partial charge >= 0.3 is 6.01 Å². The Hall–Kier alpha value is -1.30. The number of carbonyl (C=O) groups excluding carboxylic acids is 1. The van der Waals surface area contributed by atoms with Crippen LogP contribution in [0.3, 0.4) is 0 Å². The molecule has 1 aromatic rings. The maximum atomic E-state index is 11.5. The van der Waals surface area contributed by atoms with E-state index < -0.39 is 0 Å². The number of hydrogen-bond donors (Lipinski definition) is 1. The molecule has 0 aliphatic carbocycles. The van der Waals surface area contributed by atoms with Crippen molar-refractivity contribution in [3.05, 3.63) is 11.9 Å². The van der Waals surface area contributed by atoms with Crippen LogP contribution in [0.25, 0.3) is 0 Å². The summed E-state index contributed by atoms with van der Waals surface area (Å²) in [4.78, 5) is 20.3. The summed E-state index contributed by atoms with van der Waals surface area (Å²) in [5.41, 5.74) is 0.402. The van der Waals surface area contributed by atoms with Gasteiger partial charge in [-0.25, -0.2) is 4.98 Å². The van der Waals surface area contributed by atoms with Crippen molar-refractivity contribution in [1.82, 2.24) is 15.3 Å². The van der Waals surface area contributed by atoms with Gasteiger partial charge in [-0.2, -0.15) is 4.98 Å². The number of nitrogens with one attached hydrogen (secondary N) is 1. The van der Waals surface area contributed by atoms with E-state index in [-0.39, 0.29) is 11.9 Å². The van der Waals surface area contributed by atoms with Crippen LogP contribution in [0.4, 0.5) is 0 Å². The Morgan fingerprint density at radius 3 is 3.29 bits per heavy atom. The van der Waals surface area contributed by atoms with Crippen LogP contribution >= 0.6 is 11.8 Å². The van der Waals surface area contributed by atoms with Crippen molar-refractivity contribution < 1.29 is 9.53 Å². The highest BCUT2D eigenvalue weighted by molar-refractivity contribution is 7.99. The van der Waals surface area contributed by atoms with E-state index in [0.717, 1.165) is 10.6 Å². The second-order valence-corrected chi connectivity index (χ2v) is 3.81. The summed E-state index contributed by atoms with van der Waals surface area (Å²) >= 11 is 1.57. The lowest BCUT2D eigenvalue weighted by atomic mass is 10.4. The molecular formula is C8H9N3O2S. The molecule has 2 heterocycles. The molecule has 0 aromatic carbocycles. The Balaban J connectivity index is 2.44. The zero-order valence-corrected chi connectivity index (χ0v) is 8.43. The van der Waals surface area contributed by atoms with Crippen molar-refractivity contribution >= 4 is 17.7 Å². The molecular weight excluding hydrogens is 202 g/mol. The highest BCUT2D eigenvalue weighted by Gasteiger charge is 2.18. The van der Waals surface area contributed by atoms with Crippen LogP contribution in [0.2, 0.25) is 0 Å². The number of fused-ring (bicyclic) bond motifs is 1. The van der Waals surface area contributed by atoms with E-state index in [0.29, 0.717) is 12.2 Å². The quantitative estimate of drug-likeness (QED) is 0.724. The Morgan fingerprint density at radius 1 is 1.64 bits per heavy atom. The number of carbonyl (C=O) groups is 1. The molecule has 0 saturated heterocycles. The molecule has 0 atom stereocenters. The zero-order chi connectivity index (χ0) is 9.97. The van der Waals surface area contributed by atoms with Gasteiger partial charge in [0.2, 0.25) is 0 Å². The third-order valence-corrected chi connectivity index (χ3v) is 2.79. The maximum Gasteiger partial charge on any atom is 0.316 e. The molecule has 74 valence electrons. The number of rotatable bonds is 1. The van der Waals surface area contributed by atoms with Gasteiger partial charge in [0.1, 0.15) is 5.69 Å². The van der Waals surface area contributed by atoms with Crippen molar-refractivity contribution in [2.24, 2.45) is 0 Å². The number of aromatic nitrogens is 2. The van der Waals surface area contributed by atoms with Gasteiger partial charge in [0, 0.05) is 18.5 Å². The SMILES string of the molecule is COc1ncc2c(n1)C(=O)NCCS2. The highest BCUT2D eigenvalue weighted by atomic mass is 32.2. The van der Waals surface area contributed by atoms with Crippen molar-refractivity contribution in [3.63, 3.8) is 0 Å². The summed E-state index contributed by atoms with van der Waals surface area (Å²) in [6.45, 7) is 0.655. The standard InChI is InChI=1S/C8H9N3O2S/c1-13-8-10-4-5-6(11-8)7(12)9-2-3-14-5/h4H,2-3H2,1H3,(H,9,12). The molecule has 1 N–H and O–H groups in total. The van der Waals surface area contributed by atoms with E-state index in [4.69, 9.17) is 4.74 Å². The zero-order valence-electron chi connectivity index (χ0n) is 7.61. The molecule has 5 nitrogen and oxygen atoms in total. The minimum atomic E-state index is -0.161. The number of nitrogens with zero attached hydrogens (tertiary/aromatic N) is 2. The first-order valence-electron chi connectivity index (χ1n) is 4.13. The summed E-state index contributed by atoms with van der Waals surface area (Å²) in [7, 11) is 1.48. The summed E-state index contributed by atoms with van der Waals surface area (Å²) in [6.07, 6.45) is 1.62. The van der Waals surface area contributed by atoms with Crippen LogP contribution in [-0.2, 0) is 0 Å². The van der Waals surface area contributed by atoms with Crippen LogP contribution in [0, 0.1) is 0 Å². The second-order valence-electron chi connectivity index (χ2n) is 2.67. The Morgan fingerprint density at radius 2 is 2.50 bits per heavy atom. The third-order valence-electron chi connectivity index (χ3n) is 1.78. The topological polar surface area (TPSA) is 64.1 Å². The van der Waals surface area contributed by atoms with Gasteiger partial charge in [0.25, 0.3) is 5.91 Å². The molecule has 6 heteroatoms. The van der Waals surface area contributed by atoms with E-state index in [1.54, 1.807) is 18.0 Å². The number of hydrogen-bond acceptors (Lipinski definition) is 5. The van der Waals surface area contributed by atoms with Gasteiger partial charge in [-0.15, -0.1) is 11.8 Å². The fourth-order valence-electron chi connectivity index (χ4n) is 1.13. The lowest BCUT2D eigenvalue weighted by Gasteiger charge is -2.03. The molecule has 0 fully saturated rings. The maximum absolute atomic E-state index is 11.5. The fraction of sp³-hybridized carbons (Fsp3) is 0.375. The van der Waals surface area contributed by atoms with Crippen molar-refractivity contribution in [1.29, 1.82) is 0 Å². The molecule has 1 aromatic heterocycles. The first kappa shape index (κ1) is 9.26. The van der Waals surface area contributed by atoms with Gasteiger partial charge in [-0.1, -0.05) is 0 Å². The highest BCUT2D eigenvalue weighted by Crippen LogP contribution is 2.23. The number of ether oxygens (including phenoxy) is 1. The van der Waals surface area contributed by atoms with Gasteiger partial charge in [-0.05, 0) is 0 Å². The molecule has 1 amide bonds. The molecule has 1 aliphatic heterocycles. The Kier molecular flexibility index (Phi) is 2.53. The van der Waals surface area contributed by atoms with Crippen LogP contribution in [0.1, 0.15) is 10.5 Å². The smallest absolute Gasteiger partial charge is 0.316 e. The molecule has 0 saturated carbocycles. The van der Waals surface area contributed by atoms with E-state index in [1.807, 2.05) is 0 Å². The van der Waals surface area contributed by atoms with Crippen LogP contribution in [0.5, 0.6) is 6.01 Å². The predicted molar refractivity (Wildman–Crippen MR) is 51.6 cm³/mol. The molecule has 2 rings (SSSR count). The lowest BCUT2D eigenvalue weighted by molar-refractivity contribution is 0.0947. The van der Waals surface area contributed by atoms with E-state index >= 15 is 0 Å². The normalized spacial score (nSPS) is 15.4. The second kappa shape index (κ2) is 3.83. The average molecular weight is 211 g/mol. The molecule has 14 heavy (non-hydrogen) atoms. The molecule has 0 bridgehead atoms. The molecule has 0 spiro atoms. The van der Waals surface area contributed by atoms with Crippen molar-refractivity contribution in [3.8, 4) is 6.01 Å². The predicted octanol–water partition coefficient (Wildman–Crippen LogP) is 0.321. The van der Waals surface area contributed by atoms with E-state index in [9.17, 15) is 4.79 Å². The van der Waals surface area contributed by atoms with Gasteiger partial charge in [0.15, 0.2) is 0 Å². The molecule has 0 unspecified atom stereocenters. The van der Waals surface area contributed by atoms with Crippen LogP contribution in [-0.4, -0.2) is 35.3 Å². The minimum absolute atomic E-state index is 0.161. The van der Waals surface area contributed by atoms with Crippen molar-refractivity contribution in [2.45, 2.75) is 4.90 Å². The molecule has 0 radical (unpaired) electrons. The summed E-state index contributed by atoms with van der Waals surface area (Å²) in [5.74, 6) is 0.680. The Bertz CT molecular complexity index is 370. The van der Waals surface area contributed by atoms with Gasteiger partial charge in [0.05, 0.1) is 12.0 Å². The first-order valence-corrected chi connectivity index (χ1v) is 5.12. The van der Waals surface area contributed by atoms with E-state index in [1.165, 1.54) is 7.11 Å². The number of amides is 1. The lowest BCUT2D eigenvalue weighted by Crippen LogP contribution is -2.24. The van der Waals surface area contributed by atoms with E-state index in [2.05, 4.69) is 15.3 Å². The fourth-order valence-corrected chi connectivity index (χ4v) is 1.96. The summed E-state index contributed by atoms with van der Waals surface area (Å²) in [5, 5.41) is 2.75.